The van der Waals surface area contributed by atoms with Crippen LogP contribution in [0.4, 0.5) is 0 Å². The molecule has 0 saturated heterocycles. The highest BCUT2D eigenvalue weighted by Gasteiger charge is 2.03. The van der Waals surface area contributed by atoms with Crippen LogP contribution in [-0.2, 0) is 6.42 Å². The van der Waals surface area contributed by atoms with Gasteiger partial charge < -0.3 is 4.74 Å². The molecular weight excluding hydrogens is 208 g/mol. The van der Waals surface area contributed by atoms with Crippen LogP contribution in [0.5, 0.6) is 5.75 Å². The van der Waals surface area contributed by atoms with Crippen LogP contribution in [0.2, 0.25) is 0 Å². The molecule has 0 amide bonds. The Morgan fingerprint density at radius 2 is 1.59 bits per heavy atom. The van der Waals surface area contributed by atoms with Gasteiger partial charge in [0.25, 0.3) is 0 Å². The summed E-state index contributed by atoms with van der Waals surface area (Å²) in [6.45, 7) is 2.91. The average molecular weight is 226 g/mol. The maximum atomic E-state index is 5.76. The Morgan fingerprint density at radius 3 is 2.35 bits per heavy atom. The highest BCUT2D eigenvalue weighted by Crippen LogP contribution is 2.21. The fourth-order valence-electron chi connectivity index (χ4n) is 1.82. The molecule has 0 N–H and O–H groups in total. The lowest BCUT2D eigenvalue weighted by Gasteiger charge is -2.10. The van der Waals surface area contributed by atoms with Crippen LogP contribution in [0, 0.1) is 0 Å². The lowest BCUT2D eigenvalue weighted by Crippen LogP contribution is -1.99. The van der Waals surface area contributed by atoms with E-state index in [1.807, 2.05) is 18.2 Å². The molecule has 2 aromatic carbocycles. The van der Waals surface area contributed by atoms with E-state index in [-0.39, 0.29) is 0 Å². The summed E-state index contributed by atoms with van der Waals surface area (Å²) in [5.74, 6) is 1.01. The molecule has 0 spiro atoms. The van der Waals surface area contributed by atoms with Crippen molar-refractivity contribution in [3.05, 3.63) is 65.7 Å². The summed E-state index contributed by atoms with van der Waals surface area (Å²) in [4.78, 5) is 0. The molecular formula is C16H18O. The molecule has 0 bridgehead atoms. The van der Waals surface area contributed by atoms with Crippen molar-refractivity contribution in [3.8, 4) is 5.75 Å². The van der Waals surface area contributed by atoms with E-state index in [0.29, 0.717) is 0 Å². The Bertz CT molecular complexity index is 448. The molecule has 88 valence electrons. The van der Waals surface area contributed by atoms with Crippen LogP contribution in [0.25, 0.3) is 0 Å². The van der Waals surface area contributed by atoms with Gasteiger partial charge >= 0.3 is 0 Å². The highest BCUT2D eigenvalue weighted by molar-refractivity contribution is 5.37. The summed E-state index contributed by atoms with van der Waals surface area (Å²) >= 11 is 0. The normalized spacial score (nSPS) is 10.2. The van der Waals surface area contributed by atoms with E-state index in [4.69, 9.17) is 4.74 Å². The number of hydrogen-bond acceptors (Lipinski definition) is 1. The molecule has 0 fully saturated rings. The maximum absolute atomic E-state index is 5.76. The van der Waals surface area contributed by atoms with Crippen LogP contribution in [-0.4, -0.2) is 6.61 Å². The van der Waals surface area contributed by atoms with Gasteiger partial charge in [-0.15, -0.1) is 0 Å². The van der Waals surface area contributed by atoms with Gasteiger partial charge in [-0.2, -0.15) is 0 Å². The molecule has 1 heteroatoms. The van der Waals surface area contributed by atoms with Crippen molar-refractivity contribution >= 4 is 0 Å². The fourth-order valence-corrected chi connectivity index (χ4v) is 1.82. The molecule has 0 radical (unpaired) electrons. The first-order valence-corrected chi connectivity index (χ1v) is 6.15. The summed E-state index contributed by atoms with van der Waals surface area (Å²) in [5, 5.41) is 0. The third kappa shape index (κ3) is 3.35. The van der Waals surface area contributed by atoms with E-state index in [0.717, 1.165) is 25.2 Å². The minimum Gasteiger partial charge on any atom is -0.493 e. The van der Waals surface area contributed by atoms with E-state index in [9.17, 15) is 0 Å². The quantitative estimate of drug-likeness (QED) is 0.747. The lowest BCUT2D eigenvalue weighted by atomic mass is 10.0. The first-order chi connectivity index (χ1) is 8.40. The third-order valence-corrected chi connectivity index (χ3v) is 2.67. The van der Waals surface area contributed by atoms with Gasteiger partial charge in [0.2, 0.25) is 0 Å². The molecule has 0 atom stereocenters. The van der Waals surface area contributed by atoms with Gasteiger partial charge in [-0.1, -0.05) is 55.5 Å². The third-order valence-electron chi connectivity index (χ3n) is 2.67. The number of hydrogen-bond donors (Lipinski definition) is 0. The van der Waals surface area contributed by atoms with Gasteiger partial charge in [-0.25, -0.2) is 0 Å². The van der Waals surface area contributed by atoms with Crippen molar-refractivity contribution in [3.63, 3.8) is 0 Å². The summed E-state index contributed by atoms with van der Waals surface area (Å²) in [5.41, 5.74) is 2.58. The molecule has 0 aliphatic heterocycles. The predicted molar refractivity (Wildman–Crippen MR) is 71.5 cm³/mol. The standard InChI is InChI=1S/C16H18O/c1-2-12-17-16-11-7-6-10-15(16)13-14-8-4-3-5-9-14/h3-11H,2,12-13H2,1H3. The monoisotopic (exact) mass is 226 g/mol. The Balaban J connectivity index is 2.15. The minimum absolute atomic E-state index is 0.784. The summed E-state index contributed by atoms with van der Waals surface area (Å²) in [6.07, 6.45) is 1.97. The zero-order chi connectivity index (χ0) is 11.9. The zero-order valence-electron chi connectivity index (χ0n) is 10.2. The van der Waals surface area contributed by atoms with E-state index in [1.54, 1.807) is 0 Å². The Labute approximate surface area is 103 Å². The van der Waals surface area contributed by atoms with Crippen molar-refractivity contribution in [1.29, 1.82) is 0 Å². The smallest absolute Gasteiger partial charge is 0.122 e. The van der Waals surface area contributed by atoms with Gasteiger partial charge in [0.05, 0.1) is 6.61 Å². The van der Waals surface area contributed by atoms with Crippen molar-refractivity contribution < 1.29 is 4.74 Å². The van der Waals surface area contributed by atoms with Crippen molar-refractivity contribution in [2.75, 3.05) is 6.61 Å². The van der Waals surface area contributed by atoms with Crippen LogP contribution in [0.1, 0.15) is 24.5 Å². The van der Waals surface area contributed by atoms with E-state index < -0.39 is 0 Å². The van der Waals surface area contributed by atoms with Crippen LogP contribution in [0.3, 0.4) is 0 Å². The van der Waals surface area contributed by atoms with Crippen molar-refractivity contribution in [2.45, 2.75) is 19.8 Å². The number of para-hydroxylation sites is 1. The molecule has 0 saturated carbocycles. The van der Waals surface area contributed by atoms with Crippen LogP contribution in [0.15, 0.2) is 54.6 Å². The first-order valence-electron chi connectivity index (χ1n) is 6.15. The zero-order valence-corrected chi connectivity index (χ0v) is 10.2. The molecule has 0 unspecified atom stereocenters. The summed E-state index contributed by atoms with van der Waals surface area (Å²) in [7, 11) is 0. The topological polar surface area (TPSA) is 9.23 Å². The largest absolute Gasteiger partial charge is 0.493 e. The van der Waals surface area contributed by atoms with Gasteiger partial charge in [0, 0.05) is 6.42 Å². The highest BCUT2D eigenvalue weighted by atomic mass is 16.5. The van der Waals surface area contributed by atoms with E-state index in [1.165, 1.54) is 11.1 Å². The molecule has 0 heterocycles. The second-order valence-corrected chi connectivity index (χ2v) is 4.12. The molecule has 0 aromatic heterocycles. The Hall–Kier alpha value is -1.76. The molecule has 1 nitrogen and oxygen atoms in total. The fraction of sp³-hybridized carbons (Fsp3) is 0.250. The molecule has 2 aromatic rings. The Kier molecular flexibility index (Phi) is 4.20. The predicted octanol–water partition coefficient (Wildman–Crippen LogP) is 4.07. The van der Waals surface area contributed by atoms with Gasteiger partial charge in [0.1, 0.15) is 5.75 Å². The molecule has 17 heavy (non-hydrogen) atoms. The van der Waals surface area contributed by atoms with E-state index >= 15 is 0 Å². The molecule has 2 rings (SSSR count). The molecule has 0 aliphatic carbocycles. The first kappa shape index (κ1) is 11.7. The Morgan fingerprint density at radius 1 is 0.882 bits per heavy atom. The lowest BCUT2D eigenvalue weighted by molar-refractivity contribution is 0.314. The van der Waals surface area contributed by atoms with Gasteiger partial charge in [-0.05, 0) is 23.6 Å². The SMILES string of the molecule is CCCOc1ccccc1Cc1ccccc1. The second kappa shape index (κ2) is 6.09. The molecule has 0 aliphatic rings. The van der Waals surface area contributed by atoms with Crippen LogP contribution >= 0.6 is 0 Å². The maximum Gasteiger partial charge on any atom is 0.122 e. The summed E-state index contributed by atoms with van der Waals surface area (Å²) in [6, 6.07) is 18.8. The number of rotatable bonds is 5. The second-order valence-electron chi connectivity index (χ2n) is 4.12. The van der Waals surface area contributed by atoms with Crippen molar-refractivity contribution in [1.82, 2.24) is 0 Å². The summed E-state index contributed by atoms with van der Waals surface area (Å²) < 4.78 is 5.76. The van der Waals surface area contributed by atoms with Gasteiger partial charge in [0.15, 0.2) is 0 Å². The van der Waals surface area contributed by atoms with E-state index in [2.05, 4.69) is 43.3 Å². The van der Waals surface area contributed by atoms with Crippen molar-refractivity contribution in [2.24, 2.45) is 0 Å². The van der Waals surface area contributed by atoms with Crippen LogP contribution < -0.4 is 4.74 Å². The average Bonchev–Trinajstić information content (AvgIpc) is 2.39. The minimum atomic E-state index is 0.784. The van der Waals surface area contributed by atoms with Gasteiger partial charge in [-0.3, -0.25) is 0 Å². The number of ether oxygens (including phenoxy) is 1. The number of benzene rings is 2.